The van der Waals surface area contributed by atoms with Gasteiger partial charge in [0.25, 0.3) is 0 Å². The minimum absolute atomic E-state index is 0.223. The molecule has 0 bridgehead atoms. The van der Waals surface area contributed by atoms with E-state index in [2.05, 4.69) is 24.9 Å². The number of alkyl halides is 3. The maximum Gasteiger partial charge on any atom is 0.416 e. The Labute approximate surface area is 175 Å². The van der Waals surface area contributed by atoms with Gasteiger partial charge in [-0.15, -0.1) is 0 Å². The van der Waals surface area contributed by atoms with E-state index in [0.29, 0.717) is 23.8 Å². The molecule has 3 heterocycles. The molecule has 1 aliphatic rings. The van der Waals surface area contributed by atoms with Crippen molar-refractivity contribution in [3.63, 3.8) is 0 Å². The summed E-state index contributed by atoms with van der Waals surface area (Å²) in [6, 6.07) is 3.72. The zero-order valence-corrected chi connectivity index (χ0v) is 17.5. The summed E-state index contributed by atoms with van der Waals surface area (Å²) in [7, 11) is 1.59. The molecule has 11 heteroatoms. The van der Waals surface area contributed by atoms with E-state index in [4.69, 9.17) is 9.26 Å². The number of hydrogen-bond donors (Lipinski definition) is 0. The summed E-state index contributed by atoms with van der Waals surface area (Å²) < 4.78 is 50.1. The van der Waals surface area contributed by atoms with Crippen LogP contribution in [0, 0.1) is 0 Å². The third-order valence-corrected chi connectivity index (χ3v) is 6.22. The van der Waals surface area contributed by atoms with Crippen LogP contribution in [0.1, 0.15) is 36.7 Å². The number of fused-ring (bicyclic) bond motifs is 1. The number of thiazole rings is 1. The summed E-state index contributed by atoms with van der Waals surface area (Å²) in [5, 5.41) is 4.70. The van der Waals surface area contributed by atoms with Crippen molar-refractivity contribution < 1.29 is 22.4 Å². The SMILES string of the molecule is COC(C)c1noc(CN2CCCN(c3nc4cc(C(F)(F)F)ccc4s3)CC2)n1. The van der Waals surface area contributed by atoms with Crippen molar-refractivity contribution >= 4 is 26.7 Å². The molecule has 30 heavy (non-hydrogen) atoms. The number of methoxy groups -OCH3 is 1. The fourth-order valence-electron chi connectivity index (χ4n) is 3.34. The quantitative estimate of drug-likeness (QED) is 0.590. The molecule has 0 amide bonds. The van der Waals surface area contributed by atoms with Gasteiger partial charge in [-0.3, -0.25) is 4.90 Å². The summed E-state index contributed by atoms with van der Waals surface area (Å²) in [5.74, 6) is 1.07. The van der Waals surface area contributed by atoms with Crippen LogP contribution in [0.4, 0.5) is 18.3 Å². The molecular weight excluding hydrogens is 419 g/mol. The molecule has 162 valence electrons. The van der Waals surface area contributed by atoms with E-state index in [-0.39, 0.29) is 6.10 Å². The Balaban J connectivity index is 1.42. The van der Waals surface area contributed by atoms with Gasteiger partial charge in [0, 0.05) is 33.3 Å². The zero-order valence-electron chi connectivity index (χ0n) is 16.6. The van der Waals surface area contributed by atoms with Gasteiger partial charge in [-0.2, -0.15) is 18.2 Å². The van der Waals surface area contributed by atoms with Gasteiger partial charge in [0.1, 0.15) is 6.10 Å². The van der Waals surface area contributed by atoms with E-state index in [1.807, 2.05) is 6.92 Å². The van der Waals surface area contributed by atoms with Gasteiger partial charge in [0.15, 0.2) is 11.0 Å². The highest BCUT2D eigenvalue weighted by Crippen LogP contribution is 2.35. The Bertz CT molecular complexity index is 1010. The van der Waals surface area contributed by atoms with Crippen LogP contribution in [0.3, 0.4) is 0 Å². The second-order valence-corrected chi connectivity index (χ2v) is 8.23. The number of anilines is 1. The van der Waals surface area contributed by atoms with Crippen molar-refractivity contribution in [2.24, 2.45) is 0 Å². The summed E-state index contributed by atoms with van der Waals surface area (Å²) in [6.45, 7) is 5.54. The highest BCUT2D eigenvalue weighted by Gasteiger charge is 2.31. The average molecular weight is 441 g/mol. The van der Waals surface area contributed by atoms with E-state index in [1.165, 1.54) is 17.4 Å². The first-order valence-electron chi connectivity index (χ1n) is 9.64. The van der Waals surface area contributed by atoms with Gasteiger partial charge in [0.05, 0.1) is 22.3 Å². The summed E-state index contributed by atoms with van der Waals surface area (Å²) in [4.78, 5) is 13.2. The lowest BCUT2D eigenvalue weighted by atomic mass is 10.2. The molecule has 0 spiro atoms. The van der Waals surface area contributed by atoms with Crippen LogP contribution in [0.15, 0.2) is 22.7 Å². The normalized spacial score (nSPS) is 17.4. The standard InChI is InChI=1S/C19H22F3N5O2S/c1-12(28-2)17-24-16(29-25-17)11-26-6-3-7-27(9-8-26)18-23-14-10-13(19(20,21)22)4-5-15(14)30-18/h4-5,10,12H,3,6-9,11H2,1-2H3. The molecule has 1 aliphatic heterocycles. The van der Waals surface area contributed by atoms with E-state index in [0.717, 1.165) is 54.6 Å². The molecule has 7 nitrogen and oxygen atoms in total. The Morgan fingerprint density at radius 3 is 2.80 bits per heavy atom. The molecule has 0 N–H and O–H groups in total. The molecule has 4 rings (SSSR count). The van der Waals surface area contributed by atoms with Gasteiger partial charge in [0.2, 0.25) is 5.89 Å². The lowest BCUT2D eigenvalue weighted by molar-refractivity contribution is -0.137. The van der Waals surface area contributed by atoms with Gasteiger partial charge in [-0.05, 0) is 31.5 Å². The fraction of sp³-hybridized carbons (Fsp3) is 0.526. The Morgan fingerprint density at radius 2 is 2.03 bits per heavy atom. The van der Waals surface area contributed by atoms with Gasteiger partial charge < -0.3 is 14.2 Å². The fourth-order valence-corrected chi connectivity index (χ4v) is 4.34. The number of nitrogens with zero attached hydrogens (tertiary/aromatic N) is 5. The van der Waals surface area contributed by atoms with E-state index >= 15 is 0 Å². The molecule has 2 aromatic heterocycles. The number of hydrogen-bond acceptors (Lipinski definition) is 8. The highest BCUT2D eigenvalue weighted by atomic mass is 32.1. The molecule has 1 fully saturated rings. The van der Waals surface area contributed by atoms with Crippen LogP contribution >= 0.6 is 11.3 Å². The van der Waals surface area contributed by atoms with E-state index in [1.54, 1.807) is 7.11 Å². The average Bonchev–Trinajstić information content (AvgIpc) is 3.28. The number of ether oxygens (including phenoxy) is 1. The predicted molar refractivity (Wildman–Crippen MR) is 106 cm³/mol. The Morgan fingerprint density at radius 1 is 1.20 bits per heavy atom. The van der Waals surface area contributed by atoms with Crippen LogP contribution in [0.5, 0.6) is 0 Å². The molecule has 0 saturated carbocycles. The highest BCUT2D eigenvalue weighted by molar-refractivity contribution is 7.22. The topological polar surface area (TPSA) is 67.5 Å². The first-order valence-corrected chi connectivity index (χ1v) is 10.5. The van der Waals surface area contributed by atoms with Gasteiger partial charge >= 0.3 is 6.18 Å². The minimum atomic E-state index is -4.36. The number of rotatable bonds is 5. The Kier molecular flexibility index (Phi) is 5.94. The molecule has 1 saturated heterocycles. The molecular formula is C19H22F3N5O2S. The van der Waals surface area contributed by atoms with Crippen molar-refractivity contribution in [2.45, 2.75) is 32.2 Å². The van der Waals surface area contributed by atoms with Crippen molar-refractivity contribution in [3.05, 3.63) is 35.5 Å². The minimum Gasteiger partial charge on any atom is -0.374 e. The van der Waals surface area contributed by atoms with Crippen molar-refractivity contribution in [2.75, 3.05) is 38.2 Å². The lowest BCUT2D eigenvalue weighted by Crippen LogP contribution is -2.30. The third-order valence-electron chi connectivity index (χ3n) is 5.12. The predicted octanol–water partition coefficient (Wildman–Crippen LogP) is 4.12. The van der Waals surface area contributed by atoms with E-state index in [9.17, 15) is 13.2 Å². The van der Waals surface area contributed by atoms with Gasteiger partial charge in [-0.1, -0.05) is 16.5 Å². The van der Waals surface area contributed by atoms with Crippen molar-refractivity contribution in [1.29, 1.82) is 0 Å². The smallest absolute Gasteiger partial charge is 0.374 e. The van der Waals surface area contributed by atoms with Crippen LogP contribution in [0.2, 0.25) is 0 Å². The molecule has 0 aliphatic carbocycles. The number of halogens is 3. The second kappa shape index (κ2) is 8.48. The third kappa shape index (κ3) is 4.57. The summed E-state index contributed by atoms with van der Waals surface area (Å²) in [5.41, 5.74) is -0.285. The molecule has 1 unspecified atom stereocenters. The van der Waals surface area contributed by atoms with Crippen LogP contribution in [-0.2, 0) is 17.5 Å². The van der Waals surface area contributed by atoms with E-state index < -0.39 is 11.7 Å². The van der Waals surface area contributed by atoms with Crippen molar-refractivity contribution in [3.8, 4) is 0 Å². The van der Waals surface area contributed by atoms with Gasteiger partial charge in [-0.25, -0.2) is 4.98 Å². The Hall–Kier alpha value is -2.24. The lowest BCUT2D eigenvalue weighted by Gasteiger charge is -2.20. The summed E-state index contributed by atoms with van der Waals surface area (Å²) >= 11 is 1.42. The monoisotopic (exact) mass is 441 g/mol. The molecule has 1 atom stereocenters. The molecule has 3 aromatic rings. The number of benzene rings is 1. The second-order valence-electron chi connectivity index (χ2n) is 7.22. The first-order chi connectivity index (χ1) is 14.3. The van der Waals surface area contributed by atoms with Crippen LogP contribution < -0.4 is 4.90 Å². The largest absolute Gasteiger partial charge is 0.416 e. The maximum absolute atomic E-state index is 13.0. The first kappa shape index (κ1) is 21.0. The van der Waals surface area contributed by atoms with Crippen molar-refractivity contribution in [1.82, 2.24) is 20.0 Å². The number of aromatic nitrogens is 3. The van der Waals surface area contributed by atoms with Crippen LogP contribution in [0.25, 0.3) is 10.2 Å². The maximum atomic E-state index is 13.0. The molecule has 1 aromatic carbocycles. The van der Waals surface area contributed by atoms with Crippen LogP contribution in [-0.4, -0.2) is 53.3 Å². The summed E-state index contributed by atoms with van der Waals surface area (Å²) in [6.07, 6.45) is -3.69. The zero-order chi connectivity index (χ0) is 21.3. The molecule has 0 radical (unpaired) electrons.